The van der Waals surface area contributed by atoms with Crippen molar-refractivity contribution in [2.45, 2.75) is 72.2 Å². The normalized spacial score (nSPS) is 19.1. The number of benzene rings is 2. The lowest BCUT2D eigenvalue weighted by Crippen LogP contribution is -2.40. The van der Waals surface area contributed by atoms with Gasteiger partial charge in [-0.15, -0.1) is 5.92 Å². The molecule has 28 heavy (non-hydrogen) atoms. The van der Waals surface area contributed by atoms with Gasteiger partial charge in [-0.05, 0) is 69.7 Å². The maximum absolute atomic E-state index is 10.1. The van der Waals surface area contributed by atoms with Crippen molar-refractivity contribution in [2.24, 2.45) is 0 Å². The monoisotopic (exact) mass is 378 g/mol. The van der Waals surface area contributed by atoms with Gasteiger partial charge in [-0.3, -0.25) is 0 Å². The molecule has 1 heterocycles. The first-order valence-electron chi connectivity index (χ1n) is 9.93. The molecule has 0 aliphatic carbocycles. The second kappa shape index (κ2) is 8.29. The summed E-state index contributed by atoms with van der Waals surface area (Å²) in [5.41, 5.74) is 5.36. The zero-order chi connectivity index (χ0) is 20.3. The van der Waals surface area contributed by atoms with Gasteiger partial charge in [0.25, 0.3) is 0 Å². The minimum Gasteiger partial charge on any atom is -0.488 e. The van der Waals surface area contributed by atoms with E-state index < -0.39 is 11.7 Å². The molecule has 3 heteroatoms. The van der Waals surface area contributed by atoms with Gasteiger partial charge < -0.3 is 14.6 Å². The standard InChI is InChI=1S/C25H30O3/c1-6-10-21(26)15-25(5)14-13-22-19(4)23(17(2)18(3)24(22)28-25)27-16-20-11-8-7-9-12-20/h7-9,11-12,21,26H,13-16H2,1-5H3/t21?,25-/m0/s1. The molecule has 1 unspecified atom stereocenters. The number of fused-ring (bicyclic) bond motifs is 1. The second-order valence-electron chi connectivity index (χ2n) is 7.95. The fourth-order valence-electron chi connectivity index (χ4n) is 4.00. The van der Waals surface area contributed by atoms with Gasteiger partial charge in [0, 0.05) is 12.0 Å². The molecule has 148 valence electrons. The molecule has 2 aromatic carbocycles. The molecule has 0 saturated heterocycles. The summed E-state index contributed by atoms with van der Waals surface area (Å²) in [6.07, 6.45) is 1.61. The van der Waals surface area contributed by atoms with E-state index in [2.05, 4.69) is 51.7 Å². The van der Waals surface area contributed by atoms with E-state index in [1.165, 1.54) is 5.56 Å². The lowest BCUT2D eigenvalue weighted by atomic mass is 9.84. The van der Waals surface area contributed by atoms with Gasteiger partial charge in [0.05, 0.1) is 0 Å². The van der Waals surface area contributed by atoms with Crippen LogP contribution in [0.25, 0.3) is 0 Å². The molecule has 3 rings (SSSR count). The van der Waals surface area contributed by atoms with Gasteiger partial charge in [0.15, 0.2) is 0 Å². The summed E-state index contributed by atoms with van der Waals surface area (Å²) < 4.78 is 12.7. The molecule has 2 aromatic rings. The Morgan fingerprint density at radius 1 is 1.14 bits per heavy atom. The van der Waals surface area contributed by atoms with Crippen molar-refractivity contribution < 1.29 is 14.6 Å². The van der Waals surface area contributed by atoms with E-state index in [9.17, 15) is 5.11 Å². The lowest BCUT2D eigenvalue weighted by molar-refractivity contribution is 0.0236. The van der Waals surface area contributed by atoms with E-state index in [1.54, 1.807) is 6.92 Å². The highest BCUT2D eigenvalue weighted by atomic mass is 16.5. The topological polar surface area (TPSA) is 38.7 Å². The molecule has 0 amide bonds. The van der Waals surface area contributed by atoms with E-state index in [4.69, 9.17) is 9.47 Å². The molecule has 1 aliphatic rings. The van der Waals surface area contributed by atoms with E-state index in [0.717, 1.165) is 46.6 Å². The largest absolute Gasteiger partial charge is 0.488 e. The number of aliphatic hydroxyl groups excluding tert-OH is 1. The average molecular weight is 379 g/mol. The van der Waals surface area contributed by atoms with Crippen LogP contribution in [0.4, 0.5) is 0 Å². The molecule has 0 saturated carbocycles. The van der Waals surface area contributed by atoms with Gasteiger partial charge in [-0.25, -0.2) is 0 Å². The van der Waals surface area contributed by atoms with Crippen LogP contribution in [-0.4, -0.2) is 16.8 Å². The molecule has 0 radical (unpaired) electrons. The molecule has 0 spiro atoms. The Morgan fingerprint density at radius 2 is 1.86 bits per heavy atom. The Kier molecular flexibility index (Phi) is 6.01. The zero-order valence-corrected chi connectivity index (χ0v) is 17.6. The Morgan fingerprint density at radius 3 is 2.54 bits per heavy atom. The summed E-state index contributed by atoms with van der Waals surface area (Å²) >= 11 is 0. The highest BCUT2D eigenvalue weighted by Crippen LogP contribution is 2.44. The van der Waals surface area contributed by atoms with Gasteiger partial charge in [0.1, 0.15) is 29.8 Å². The van der Waals surface area contributed by atoms with Crippen LogP contribution < -0.4 is 9.47 Å². The van der Waals surface area contributed by atoms with E-state index >= 15 is 0 Å². The summed E-state index contributed by atoms with van der Waals surface area (Å²) in [7, 11) is 0. The predicted molar refractivity (Wildman–Crippen MR) is 113 cm³/mol. The molecule has 0 aromatic heterocycles. The van der Waals surface area contributed by atoms with Crippen molar-refractivity contribution in [2.75, 3.05) is 0 Å². The molecule has 0 bridgehead atoms. The third kappa shape index (κ3) is 4.18. The Labute approximate surface area is 168 Å². The van der Waals surface area contributed by atoms with Crippen molar-refractivity contribution in [3.05, 3.63) is 58.1 Å². The van der Waals surface area contributed by atoms with Gasteiger partial charge >= 0.3 is 0 Å². The average Bonchev–Trinajstić information content (AvgIpc) is 2.67. The highest BCUT2D eigenvalue weighted by molar-refractivity contribution is 5.59. The number of hydrogen-bond donors (Lipinski definition) is 1. The molecular weight excluding hydrogens is 348 g/mol. The summed E-state index contributed by atoms with van der Waals surface area (Å²) in [5, 5.41) is 10.1. The van der Waals surface area contributed by atoms with Crippen molar-refractivity contribution in [1.29, 1.82) is 0 Å². The van der Waals surface area contributed by atoms with Crippen LogP contribution in [0.2, 0.25) is 0 Å². The van der Waals surface area contributed by atoms with Crippen molar-refractivity contribution in [1.82, 2.24) is 0 Å². The van der Waals surface area contributed by atoms with Crippen LogP contribution in [0.3, 0.4) is 0 Å². The van der Waals surface area contributed by atoms with E-state index in [0.29, 0.717) is 13.0 Å². The van der Waals surface area contributed by atoms with Gasteiger partial charge in [0.2, 0.25) is 0 Å². The van der Waals surface area contributed by atoms with Crippen LogP contribution in [0.1, 0.15) is 54.5 Å². The first kappa shape index (κ1) is 20.3. The Balaban J connectivity index is 1.87. The Bertz CT molecular complexity index is 905. The smallest absolute Gasteiger partial charge is 0.127 e. The van der Waals surface area contributed by atoms with Crippen LogP contribution in [0.5, 0.6) is 11.5 Å². The zero-order valence-electron chi connectivity index (χ0n) is 17.6. The van der Waals surface area contributed by atoms with Crippen LogP contribution in [-0.2, 0) is 13.0 Å². The van der Waals surface area contributed by atoms with Crippen molar-refractivity contribution >= 4 is 0 Å². The summed E-state index contributed by atoms with van der Waals surface area (Å²) in [6, 6.07) is 10.2. The highest BCUT2D eigenvalue weighted by Gasteiger charge is 2.36. The minimum atomic E-state index is -0.660. The van der Waals surface area contributed by atoms with E-state index in [1.807, 2.05) is 18.2 Å². The molecule has 0 fully saturated rings. The van der Waals surface area contributed by atoms with Crippen LogP contribution >= 0.6 is 0 Å². The summed E-state index contributed by atoms with van der Waals surface area (Å²) in [6.45, 7) is 10.7. The molecular formula is C25H30O3. The van der Waals surface area contributed by atoms with Crippen molar-refractivity contribution in [3.63, 3.8) is 0 Å². The first-order chi connectivity index (χ1) is 13.3. The van der Waals surface area contributed by atoms with Crippen molar-refractivity contribution in [3.8, 4) is 23.3 Å². The second-order valence-corrected chi connectivity index (χ2v) is 7.95. The van der Waals surface area contributed by atoms with Crippen LogP contribution in [0.15, 0.2) is 30.3 Å². The fraction of sp³-hybridized carbons (Fsp3) is 0.440. The maximum Gasteiger partial charge on any atom is 0.127 e. The predicted octanol–water partition coefficient (Wildman–Crippen LogP) is 5.05. The fourth-order valence-corrected chi connectivity index (χ4v) is 4.00. The minimum absolute atomic E-state index is 0.410. The molecule has 3 nitrogen and oxygen atoms in total. The quantitative estimate of drug-likeness (QED) is 0.740. The molecule has 1 aliphatic heterocycles. The summed E-state index contributed by atoms with van der Waals surface area (Å²) in [5.74, 6) is 7.53. The number of aliphatic hydroxyl groups is 1. The van der Waals surface area contributed by atoms with Gasteiger partial charge in [-0.1, -0.05) is 36.3 Å². The SMILES string of the molecule is CC#CC(O)C[C@]1(C)CCc2c(C)c(OCc3ccccc3)c(C)c(C)c2O1. The number of hydrogen-bond acceptors (Lipinski definition) is 3. The number of rotatable bonds is 5. The first-order valence-corrected chi connectivity index (χ1v) is 9.93. The maximum atomic E-state index is 10.1. The van der Waals surface area contributed by atoms with Crippen LogP contribution in [0, 0.1) is 32.6 Å². The molecule has 2 atom stereocenters. The third-order valence-corrected chi connectivity index (χ3v) is 5.73. The Hall–Kier alpha value is -2.44. The van der Waals surface area contributed by atoms with E-state index in [-0.39, 0.29) is 0 Å². The summed E-state index contributed by atoms with van der Waals surface area (Å²) in [4.78, 5) is 0. The van der Waals surface area contributed by atoms with Gasteiger partial charge in [-0.2, -0.15) is 0 Å². The molecule has 1 N–H and O–H groups in total. The number of ether oxygens (including phenoxy) is 2. The lowest BCUT2D eigenvalue weighted by Gasteiger charge is -2.38. The third-order valence-electron chi connectivity index (χ3n) is 5.73.